The highest BCUT2D eigenvalue weighted by Crippen LogP contribution is 2.19. The Kier molecular flexibility index (Phi) is 9.70. The minimum atomic E-state index is -0.376. The molecule has 0 saturated carbocycles. The molecule has 140 valence electrons. The molecule has 3 N–H and O–H groups in total. The second kappa shape index (κ2) is 10.4. The third-order valence-electron chi connectivity index (χ3n) is 4.03. The quantitative estimate of drug-likeness (QED) is 0.756. The van der Waals surface area contributed by atoms with Gasteiger partial charge in [0.25, 0.3) is 0 Å². The van der Waals surface area contributed by atoms with E-state index in [0.29, 0.717) is 23.7 Å². The maximum atomic E-state index is 12.9. The zero-order valence-corrected chi connectivity index (χ0v) is 15.9. The molecular weight excluding hydrogens is 368 g/mol. The number of benzene rings is 1. The highest BCUT2D eigenvalue weighted by molar-refractivity contribution is 5.85. The van der Waals surface area contributed by atoms with Crippen molar-refractivity contribution in [3.05, 3.63) is 42.0 Å². The molecule has 0 saturated heterocycles. The summed E-state index contributed by atoms with van der Waals surface area (Å²) >= 11 is 0. The fraction of sp³-hybridized carbons (Fsp3) is 0.412. The summed E-state index contributed by atoms with van der Waals surface area (Å²) in [7, 11) is 0. The number of halogens is 3. The molecule has 1 aromatic carbocycles. The Morgan fingerprint density at radius 2 is 1.84 bits per heavy atom. The lowest BCUT2D eigenvalue weighted by Gasteiger charge is -2.26. The van der Waals surface area contributed by atoms with Crippen LogP contribution in [-0.4, -0.2) is 23.0 Å². The molecule has 0 fully saturated rings. The standard InChI is InChI=1S/C17H22FN3O2.2ClH/c1-3-17(19,4-2)11-20-15(22)9-14-10-23-16(21-14)12-5-7-13(18)8-6-12;;/h5-8,10H,3-4,9,11,19H2,1-2H3,(H,20,22);2*1H. The van der Waals surface area contributed by atoms with Crippen molar-refractivity contribution in [1.29, 1.82) is 0 Å². The topological polar surface area (TPSA) is 81.1 Å². The first kappa shape index (κ1) is 23.4. The van der Waals surface area contributed by atoms with Crippen LogP contribution in [0.1, 0.15) is 32.4 Å². The van der Waals surface area contributed by atoms with Crippen molar-refractivity contribution in [2.75, 3.05) is 6.54 Å². The first-order chi connectivity index (χ1) is 11.0. The predicted octanol–water partition coefficient (Wildman–Crippen LogP) is 3.50. The molecule has 0 radical (unpaired) electrons. The molecule has 0 bridgehead atoms. The zero-order chi connectivity index (χ0) is 16.9. The van der Waals surface area contributed by atoms with E-state index in [0.717, 1.165) is 12.8 Å². The molecular formula is C17H24Cl2FN3O2. The lowest BCUT2D eigenvalue weighted by molar-refractivity contribution is -0.120. The van der Waals surface area contributed by atoms with Crippen LogP contribution in [0.4, 0.5) is 4.39 Å². The van der Waals surface area contributed by atoms with E-state index >= 15 is 0 Å². The smallest absolute Gasteiger partial charge is 0.226 e. The number of hydrogen-bond acceptors (Lipinski definition) is 4. The highest BCUT2D eigenvalue weighted by Gasteiger charge is 2.21. The minimum Gasteiger partial charge on any atom is -0.444 e. The van der Waals surface area contributed by atoms with Gasteiger partial charge in [-0.05, 0) is 37.1 Å². The average Bonchev–Trinajstić information content (AvgIpc) is 3.01. The zero-order valence-electron chi connectivity index (χ0n) is 14.3. The molecule has 25 heavy (non-hydrogen) atoms. The van der Waals surface area contributed by atoms with Gasteiger partial charge in [-0.3, -0.25) is 4.79 Å². The summed E-state index contributed by atoms with van der Waals surface area (Å²) in [6.45, 7) is 4.44. The Labute approximate surface area is 159 Å². The van der Waals surface area contributed by atoms with E-state index in [9.17, 15) is 9.18 Å². The number of aromatic nitrogens is 1. The maximum Gasteiger partial charge on any atom is 0.226 e. The average molecular weight is 392 g/mol. The van der Waals surface area contributed by atoms with Gasteiger partial charge in [-0.1, -0.05) is 13.8 Å². The van der Waals surface area contributed by atoms with Crippen molar-refractivity contribution in [2.45, 2.75) is 38.6 Å². The third-order valence-corrected chi connectivity index (χ3v) is 4.03. The third kappa shape index (κ3) is 6.65. The normalized spacial score (nSPS) is 10.6. The Bertz CT molecular complexity index is 658. The second-order valence-electron chi connectivity index (χ2n) is 5.67. The Balaban J connectivity index is 0.00000288. The summed E-state index contributed by atoms with van der Waals surface area (Å²) in [6, 6.07) is 5.83. The van der Waals surface area contributed by atoms with Crippen molar-refractivity contribution in [1.82, 2.24) is 10.3 Å². The summed E-state index contributed by atoms with van der Waals surface area (Å²) < 4.78 is 18.2. The lowest BCUT2D eigenvalue weighted by atomic mass is 9.94. The molecule has 2 rings (SSSR count). The number of amides is 1. The number of nitrogens with one attached hydrogen (secondary N) is 1. The summed E-state index contributed by atoms with van der Waals surface area (Å²) in [4.78, 5) is 16.2. The van der Waals surface area contributed by atoms with Gasteiger partial charge in [0.1, 0.15) is 12.1 Å². The van der Waals surface area contributed by atoms with Crippen LogP contribution >= 0.6 is 24.8 Å². The van der Waals surface area contributed by atoms with Crippen LogP contribution in [0.2, 0.25) is 0 Å². The second-order valence-corrected chi connectivity index (χ2v) is 5.67. The van der Waals surface area contributed by atoms with Crippen LogP contribution < -0.4 is 11.1 Å². The van der Waals surface area contributed by atoms with Gasteiger partial charge in [0.2, 0.25) is 11.8 Å². The van der Waals surface area contributed by atoms with Gasteiger partial charge in [-0.25, -0.2) is 9.37 Å². The van der Waals surface area contributed by atoms with Gasteiger partial charge < -0.3 is 15.5 Å². The largest absolute Gasteiger partial charge is 0.444 e. The number of oxazole rings is 1. The van der Waals surface area contributed by atoms with Crippen LogP contribution in [0.15, 0.2) is 34.9 Å². The van der Waals surface area contributed by atoms with Crippen molar-refractivity contribution in [3.8, 4) is 11.5 Å². The molecule has 5 nitrogen and oxygen atoms in total. The first-order valence-electron chi connectivity index (χ1n) is 7.71. The van der Waals surface area contributed by atoms with Gasteiger partial charge in [-0.2, -0.15) is 0 Å². The Hall–Kier alpha value is -1.63. The van der Waals surface area contributed by atoms with Gasteiger partial charge in [-0.15, -0.1) is 24.8 Å². The molecule has 0 aliphatic carbocycles. The lowest BCUT2D eigenvalue weighted by Crippen LogP contribution is -2.49. The van der Waals surface area contributed by atoms with E-state index in [1.165, 1.54) is 18.4 Å². The van der Waals surface area contributed by atoms with Crippen molar-refractivity contribution in [3.63, 3.8) is 0 Å². The summed E-state index contributed by atoms with van der Waals surface area (Å²) in [6.07, 6.45) is 3.15. The molecule has 8 heteroatoms. The van der Waals surface area contributed by atoms with Crippen molar-refractivity contribution in [2.24, 2.45) is 5.73 Å². The van der Waals surface area contributed by atoms with Gasteiger partial charge in [0.15, 0.2) is 0 Å². The number of nitrogens with two attached hydrogens (primary N) is 1. The predicted molar refractivity (Wildman–Crippen MR) is 101 cm³/mol. The molecule has 0 aliphatic rings. The molecule has 0 spiro atoms. The molecule has 2 aromatic rings. The SMILES string of the molecule is CCC(N)(CC)CNC(=O)Cc1coc(-c2ccc(F)cc2)n1.Cl.Cl. The molecule has 1 aromatic heterocycles. The fourth-order valence-corrected chi connectivity index (χ4v) is 2.11. The highest BCUT2D eigenvalue weighted by atomic mass is 35.5. The molecule has 1 heterocycles. The van der Waals surface area contributed by atoms with Gasteiger partial charge >= 0.3 is 0 Å². The van der Waals surface area contributed by atoms with E-state index in [1.54, 1.807) is 12.1 Å². The van der Waals surface area contributed by atoms with Gasteiger partial charge in [0.05, 0.1) is 12.1 Å². The fourth-order valence-electron chi connectivity index (χ4n) is 2.11. The van der Waals surface area contributed by atoms with Crippen LogP contribution in [0.25, 0.3) is 11.5 Å². The monoisotopic (exact) mass is 391 g/mol. The van der Waals surface area contributed by atoms with E-state index in [1.807, 2.05) is 13.8 Å². The maximum absolute atomic E-state index is 12.9. The summed E-state index contributed by atoms with van der Waals surface area (Å²) in [5, 5.41) is 2.83. The van der Waals surface area contributed by atoms with Crippen LogP contribution in [0.5, 0.6) is 0 Å². The molecule has 0 unspecified atom stereocenters. The van der Waals surface area contributed by atoms with E-state index in [2.05, 4.69) is 10.3 Å². The Morgan fingerprint density at radius 1 is 1.24 bits per heavy atom. The number of nitrogens with zero attached hydrogens (tertiary/aromatic N) is 1. The van der Waals surface area contributed by atoms with Gasteiger partial charge in [0, 0.05) is 17.6 Å². The number of carbonyl (C=O) groups is 1. The number of rotatable bonds is 7. The van der Waals surface area contributed by atoms with Crippen LogP contribution in [0.3, 0.4) is 0 Å². The minimum absolute atomic E-state index is 0. The van der Waals surface area contributed by atoms with Crippen LogP contribution in [-0.2, 0) is 11.2 Å². The number of carbonyl (C=O) groups excluding carboxylic acids is 1. The molecule has 1 amide bonds. The van der Waals surface area contributed by atoms with Crippen LogP contribution in [0, 0.1) is 5.82 Å². The van der Waals surface area contributed by atoms with Crippen molar-refractivity contribution < 1.29 is 13.6 Å². The van der Waals surface area contributed by atoms with Crippen molar-refractivity contribution >= 4 is 30.7 Å². The van der Waals surface area contributed by atoms with E-state index in [4.69, 9.17) is 10.2 Å². The molecule has 0 atom stereocenters. The molecule has 0 aliphatic heterocycles. The number of hydrogen-bond donors (Lipinski definition) is 2. The summed E-state index contributed by atoms with van der Waals surface area (Å²) in [5.74, 6) is -0.110. The Morgan fingerprint density at radius 3 is 2.40 bits per heavy atom. The summed E-state index contributed by atoms with van der Waals surface area (Å²) in [5.41, 5.74) is 6.96. The first-order valence-corrected chi connectivity index (χ1v) is 7.71. The van der Waals surface area contributed by atoms with E-state index < -0.39 is 0 Å². The van der Waals surface area contributed by atoms with E-state index in [-0.39, 0.29) is 48.5 Å².